The fourth-order valence-corrected chi connectivity index (χ4v) is 3.31. The quantitative estimate of drug-likeness (QED) is 0.436. The van der Waals surface area contributed by atoms with Crippen molar-refractivity contribution in [2.75, 3.05) is 0 Å². The van der Waals surface area contributed by atoms with Crippen molar-refractivity contribution in [3.05, 3.63) is 61.5 Å². The summed E-state index contributed by atoms with van der Waals surface area (Å²) in [6, 6.07) is 4.97. The maximum absolute atomic E-state index is 11.4. The van der Waals surface area contributed by atoms with Crippen molar-refractivity contribution >= 4 is 34.9 Å². The van der Waals surface area contributed by atoms with E-state index in [1.54, 1.807) is 18.2 Å². The van der Waals surface area contributed by atoms with Crippen LogP contribution in [0.25, 0.3) is 11.7 Å². The number of ether oxygens (including phenoxy) is 1. The van der Waals surface area contributed by atoms with Gasteiger partial charge < -0.3 is 14.8 Å². The van der Waals surface area contributed by atoms with Gasteiger partial charge in [-0.3, -0.25) is 4.98 Å². The van der Waals surface area contributed by atoms with Gasteiger partial charge in [-0.15, -0.1) is 0 Å². The number of halogens is 2. The third-order valence-corrected chi connectivity index (χ3v) is 4.72. The van der Waals surface area contributed by atoms with E-state index in [9.17, 15) is 9.90 Å². The van der Waals surface area contributed by atoms with Crippen LogP contribution in [0.2, 0.25) is 10.0 Å². The number of nitrogens with zero attached hydrogens (tertiary/aromatic N) is 5. The Kier molecular flexibility index (Phi) is 4.44. The van der Waals surface area contributed by atoms with Gasteiger partial charge in [0.15, 0.2) is 5.65 Å². The number of nitrogens with one attached hydrogen (secondary N) is 2. The van der Waals surface area contributed by atoms with Crippen LogP contribution in [0.15, 0.2) is 34.2 Å². The molecule has 0 atom stereocenters. The van der Waals surface area contributed by atoms with Crippen LogP contribution in [-0.2, 0) is 0 Å². The molecule has 3 heterocycles. The summed E-state index contributed by atoms with van der Waals surface area (Å²) in [5.74, 6) is 0.0771. The van der Waals surface area contributed by atoms with Crippen LogP contribution < -0.4 is 21.3 Å². The van der Waals surface area contributed by atoms with Crippen LogP contribution in [0.5, 0.6) is 17.6 Å². The van der Waals surface area contributed by atoms with Crippen molar-refractivity contribution < 1.29 is 9.84 Å². The number of aromatic hydroxyl groups is 1. The molecule has 0 saturated heterocycles. The number of benzene rings is 1. The monoisotopic (exact) mass is 445 g/mol. The van der Waals surface area contributed by atoms with Gasteiger partial charge in [-0.1, -0.05) is 23.2 Å². The smallest absolute Gasteiger partial charge is 0.327 e. The maximum Gasteiger partial charge on any atom is 0.327 e. The van der Waals surface area contributed by atoms with Crippen LogP contribution in [0, 0.1) is 0 Å². The molecular weight excluding hydrogens is 433 g/mol. The standard InChI is InChI=1S/C18H13Cl2N7O3/c19-9-4-10(20)6-12(5-9)30-18-24-14-8(3-13-15(28)25-17(29)23-13)7-21-27(14)16(26-18)22-11-1-2-11/h3-7,11,28H,1-2H2,(H2,23,25,29)/b8-3-,22-16?. The third kappa shape index (κ3) is 3.74. The minimum Gasteiger partial charge on any atom is -0.493 e. The molecule has 30 heavy (non-hydrogen) atoms. The second-order valence-corrected chi connectivity index (χ2v) is 7.57. The average Bonchev–Trinajstić information content (AvgIpc) is 3.30. The fourth-order valence-electron chi connectivity index (χ4n) is 2.80. The lowest BCUT2D eigenvalue weighted by Gasteiger charge is -2.05. The Hall–Kier alpha value is -3.37. The molecule has 1 fully saturated rings. The number of rotatable bonds is 4. The topological polar surface area (TPSA) is 134 Å². The summed E-state index contributed by atoms with van der Waals surface area (Å²) in [7, 11) is 0. The average molecular weight is 446 g/mol. The zero-order valence-electron chi connectivity index (χ0n) is 15.1. The number of H-pyrrole nitrogens is 2. The van der Waals surface area contributed by atoms with E-state index in [-0.39, 0.29) is 23.6 Å². The molecule has 152 valence electrons. The van der Waals surface area contributed by atoms with Gasteiger partial charge in [-0.25, -0.2) is 9.79 Å². The molecule has 0 amide bonds. The van der Waals surface area contributed by atoms with E-state index in [0.717, 1.165) is 12.8 Å². The highest BCUT2D eigenvalue weighted by Crippen LogP contribution is 2.27. The lowest BCUT2D eigenvalue weighted by molar-refractivity contribution is 0.435. The molecular formula is C18H13Cl2N7O3. The molecule has 1 aliphatic rings. The normalized spacial score (nSPS) is 15.3. The van der Waals surface area contributed by atoms with Crippen LogP contribution in [0.1, 0.15) is 18.5 Å². The van der Waals surface area contributed by atoms with E-state index >= 15 is 0 Å². The Morgan fingerprint density at radius 2 is 1.97 bits per heavy atom. The molecule has 3 N–H and O–H groups in total. The lowest BCUT2D eigenvalue weighted by atomic mass is 10.3. The number of imidazole rings is 1. The van der Waals surface area contributed by atoms with Crippen LogP contribution in [-0.4, -0.2) is 40.7 Å². The van der Waals surface area contributed by atoms with Gasteiger partial charge in [-0.05, 0) is 37.1 Å². The number of aromatic amines is 2. The molecule has 1 aromatic carbocycles. The Morgan fingerprint density at radius 3 is 2.63 bits per heavy atom. The highest BCUT2D eigenvalue weighted by molar-refractivity contribution is 6.34. The summed E-state index contributed by atoms with van der Waals surface area (Å²) in [5.41, 5.74) is 0.375. The highest BCUT2D eigenvalue weighted by atomic mass is 35.5. The lowest BCUT2D eigenvalue weighted by Crippen LogP contribution is -2.23. The Morgan fingerprint density at radius 1 is 1.20 bits per heavy atom. The van der Waals surface area contributed by atoms with Crippen LogP contribution >= 0.6 is 23.2 Å². The molecule has 1 saturated carbocycles. The van der Waals surface area contributed by atoms with Gasteiger partial charge >= 0.3 is 11.7 Å². The molecule has 10 nitrogen and oxygen atoms in total. The zero-order chi connectivity index (χ0) is 20.8. The molecule has 4 aromatic rings. The number of hydrogen-bond acceptors (Lipinski definition) is 7. The van der Waals surface area contributed by atoms with Crippen molar-refractivity contribution in [2.45, 2.75) is 18.9 Å². The molecule has 0 aliphatic heterocycles. The molecule has 0 radical (unpaired) electrons. The van der Waals surface area contributed by atoms with Gasteiger partial charge in [0.05, 0.1) is 12.2 Å². The molecule has 3 aromatic heterocycles. The SMILES string of the molecule is O=c1[nH]c(O)c(/C=c2/cnn3c(=NC4CC4)nc(Oc4cc(Cl)cc(Cl)c4)nc23)[nH]1. The second kappa shape index (κ2) is 7.15. The predicted molar refractivity (Wildman–Crippen MR) is 108 cm³/mol. The van der Waals surface area contributed by atoms with Crippen molar-refractivity contribution in [3.8, 4) is 17.6 Å². The largest absolute Gasteiger partial charge is 0.493 e. The molecule has 5 rings (SSSR count). The Bertz CT molecular complexity index is 1430. The van der Waals surface area contributed by atoms with Gasteiger partial charge in [-0.2, -0.15) is 19.6 Å². The first-order valence-electron chi connectivity index (χ1n) is 8.91. The Balaban J connectivity index is 1.68. The number of hydrogen-bond donors (Lipinski definition) is 3. The van der Waals surface area contributed by atoms with E-state index in [0.29, 0.717) is 32.3 Å². The Labute approximate surface area is 177 Å². The summed E-state index contributed by atoms with van der Waals surface area (Å²) in [5, 5.41) is 15.5. The van der Waals surface area contributed by atoms with Crippen molar-refractivity contribution in [1.82, 2.24) is 29.5 Å². The summed E-state index contributed by atoms with van der Waals surface area (Å²) in [4.78, 5) is 29.5. The number of aromatic nitrogens is 6. The second-order valence-electron chi connectivity index (χ2n) is 6.69. The summed E-state index contributed by atoms with van der Waals surface area (Å²) >= 11 is 12.1. The summed E-state index contributed by atoms with van der Waals surface area (Å²) in [6.45, 7) is 0. The van der Waals surface area contributed by atoms with E-state index in [1.807, 2.05) is 0 Å². The van der Waals surface area contributed by atoms with E-state index in [4.69, 9.17) is 27.9 Å². The van der Waals surface area contributed by atoms with Crippen LogP contribution in [0.4, 0.5) is 0 Å². The fraction of sp³-hybridized carbons (Fsp3) is 0.167. The first-order chi connectivity index (χ1) is 14.4. The summed E-state index contributed by atoms with van der Waals surface area (Å²) < 4.78 is 7.25. The van der Waals surface area contributed by atoms with Gasteiger partial charge in [0, 0.05) is 15.3 Å². The summed E-state index contributed by atoms with van der Waals surface area (Å²) in [6.07, 6.45) is 5.01. The first kappa shape index (κ1) is 18.6. The third-order valence-electron chi connectivity index (χ3n) is 4.28. The predicted octanol–water partition coefficient (Wildman–Crippen LogP) is 1.56. The minimum atomic E-state index is -0.531. The van der Waals surface area contributed by atoms with Crippen molar-refractivity contribution in [3.63, 3.8) is 0 Å². The van der Waals surface area contributed by atoms with Gasteiger partial charge in [0.2, 0.25) is 5.88 Å². The van der Waals surface area contributed by atoms with Gasteiger partial charge in [0.1, 0.15) is 11.4 Å². The van der Waals surface area contributed by atoms with Crippen LogP contribution in [0.3, 0.4) is 0 Å². The number of fused-ring (bicyclic) bond motifs is 1. The van der Waals surface area contributed by atoms with E-state index in [1.165, 1.54) is 16.8 Å². The van der Waals surface area contributed by atoms with Crippen molar-refractivity contribution in [2.24, 2.45) is 4.99 Å². The van der Waals surface area contributed by atoms with Crippen molar-refractivity contribution in [1.29, 1.82) is 0 Å². The molecule has 0 unspecified atom stereocenters. The maximum atomic E-state index is 11.4. The van der Waals surface area contributed by atoms with Gasteiger partial charge in [0.25, 0.3) is 5.62 Å². The van der Waals surface area contributed by atoms with E-state index in [2.05, 4.69) is 30.0 Å². The minimum absolute atomic E-state index is 0.0298. The molecule has 1 aliphatic carbocycles. The molecule has 0 bridgehead atoms. The first-order valence-corrected chi connectivity index (χ1v) is 9.67. The zero-order valence-corrected chi connectivity index (χ0v) is 16.6. The molecule has 0 spiro atoms. The van der Waals surface area contributed by atoms with E-state index < -0.39 is 5.69 Å². The highest BCUT2D eigenvalue weighted by Gasteiger charge is 2.21. The molecule has 12 heteroatoms.